The zero-order valence-electron chi connectivity index (χ0n) is 11.0. The minimum absolute atomic E-state index is 0.248. The molecule has 0 bridgehead atoms. The smallest absolute Gasteiger partial charge is 0.277 e. The van der Waals surface area contributed by atoms with Gasteiger partial charge in [0.05, 0.1) is 0 Å². The summed E-state index contributed by atoms with van der Waals surface area (Å²) in [6, 6.07) is 4.08. The standard InChI is InChI=1S/C14H16N2O2/c1-8-5-9(2)13(10(3)6-8)16-14(17)12-7-18-11(4)15-12/h5-7H,1-4H3,(H,16,17). The minimum atomic E-state index is -0.248. The van der Waals surface area contributed by atoms with Gasteiger partial charge in [0, 0.05) is 12.6 Å². The maximum atomic E-state index is 12.0. The van der Waals surface area contributed by atoms with Crippen molar-refractivity contribution >= 4 is 11.6 Å². The first-order chi connectivity index (χ1) is 8.47. The summed E-state index contributed by atoms with van der Waals surface area (Å²) in [4.78, 5) is 16.0. The number of nitrogens with zero attached hydrogens (tertiary/aromatic N) is 1. The van der Waals surface area contributed by atoms with Gasteiger partial charge in [-0.25, -0.2) is 4.98 Å². The highest BCUT2D eigenvalue weighted by atomic mass is 16.3. The lowest BCUT2D eigenvalue weighted by Crippen LogP contribution is -2.14. The fourth-order valence-electron chi connectivity index (χ4n) is 2.02. The largest absolute Gasteiger partial charge is 0.448 e. The second kappa shape index (κ2) is 4.64. The number of nitrogens with one attached hydrogen (secondary N) is 1. The zero-order chi connectivity index (χ0) is 13.3. The number of anilines is 1. The average Bonchev–Trinajstić information content (AvgIpc) is 2.70. The van der Waals surface area contributed by atoms with Gasteiger partial charge in [0.1, 0.15) is 6.26 Å². The SMILES string of the molecule is Cc1cc(C)c(NC(=O)c2coc(C)n2)c(C)c1. The van der Waals surface area contributed by atoms with Crippen LogP contribution in [0.15, 0.2) is 22.8 Å². The summed E-state index contributed by atoms with van der Waals surface area (Å²) in [5, 5.41) is 2.87. The van der Waals surface area contributed by atoms with E-state index in [0.29, 0.717) is 11.6 Å². The predicted molar refractivity (Wildman–Crippen MR) is 69.8 cm³/mol. The fourth-order valence-corrected chi connectivity index (χ4v) is 2.02. The van der Waals surface area contributed by atoms with Gasteiger partial charge >= 0.3 is 0 Å². The van der Waals surface area contributed by atoms with Gasteiger partial charge in [0.2, 0.25) is 0 Å². The summed E-state index contributed by atoms with van der Waals surface area (Å²) in [6.45, 7) is 7.69. The highest BCUT2D eigenvalue weighted by Gasteiger charge is 2.13. The molecule has 0 saturated heterocycles. The van der Waals surface area contributed by atoms with E-state index in [0.717, 1.165) is 16.8 Å². The number of aryl methyl sites for hydroxylation is 4. The predicted octanol–water partition coefficient (Wildman–Crippen LogP) is 3.16. The molecule has 4 heteroatoms. The Balaban J connectivity index is 2.27. The third-order valence-corrected chi connectivity index (χ3v) is 2.77. The molecule has 0 radical (unpaired) electrons. The number of carbonyl (C=O) groups is 1. The van der Waals surface area contributed by atoms with Crippen LogP contribution in [0.25, 0.3) is 0 Å². The molecule has 1 N–H and O–H groups in total. The van der Waals surface area contributed by atoms with E-state index in [1.807, 2.05) is 32.9 Å². The van der Waals surface area contributed by atoms with Crippen molar-refractivity contribution in [2.24, 2.45) is 0 Å². The molecule has 1 amide bonds. The molecule has 1 aromatic carbocycles. The van der Waals surface area contributed by atoms with Crippen LogP contribution in [0, 0.1) is 27.7 Å². The number of oxazole rings is 1. The molecule has 0 aliphatic rings. The van der Waals surface area contributed by atoms with E-state index in [-0.39, 0.29) is 5.91 Å². The van der Waals surface area contributed by atoms with E-state index < -0.39 is 0 Å². The number of hydrogen-bond acceptors (Lipinski definition) is 3. The van der Waals surface area contributed by atoms with Crippen LogP contribution in [0.2, 0.25) is 0 Å². The Morgan fingerprint density at radius 3 is 2.28 bits per heavy atom. The second-order valence-electron chi connectivity index (χ2n) is 4.48. The molecule has 0 atom stereocenters. The number of amides is 1. The Morgan fingerprint density at radius 2 is 1.78 bits per heavy atom. The van der Waals surface area contributed by atoms with Crippen molar-refractivity contribution in [1.29, 1.82) is 0 Å². The molecule has 2 rings (SSSR count). The van der Waals surface area contributed by atoms with Gasteiger partial charge in [-0.3, -0.25) is 4.79 Å². The Morgan fingerprint density at radius 1 is 1.17 bits per heavy atom. The van der Waals surface area contributed by atoms with Gasteiger partial charge in [-0.2, -0.15) is 0 Å². The summed E-state index contributed by atoms with van der Waals surface area (Å²) >= 11 is 0. The van der Waals surface area contributed by atoms with Crippen LogP contribution in [0.4, 0.5) is 5.69 Å². The van der Waals surface area contributed by atoms with E-state index in [9.17, 15) is 4.79 Å². The van der Waals surface area contributed by atoms with Crippen LogP contribution in [0.1, 0.15) is 33.1 Å². The first-order valence-corrected chi connectivity index (χ1v) is 5.78. The molecule has 18 heavy (non-hydrogen) atoms. The molecule has 2 aromatic rings. The van der Waals surface area contributed by atoms with Gasteiger partial charge in [0.25, 0.3) is 5.91 Å². The van der Waals surface area contributed by atoms with Crippen molar-refractivity contribution < 1.29 is 9.21 Å². The summed E-state index contributed by atoms with van der Waals surface area (Å²) < 4.78 is 5.03. The molecule has 0 spiro atoms. The van der Waals surface area contributed by atoms with Crippen LogP contribution in [0.5, 0.6) is 0 Å². The lowest BCUT2D eigenvalue weighted by atomic mass is 10.1. The Kier molecular flexibility index (Phi) is 3.19. The normalized spacial score (nSPS) is 10.4. The second-order valence-corrected chi connectivity index (χ2v) is 4.48. The fraction of sp³-hybridized carbons (Fsp3) is 0.286. The number of rotatable bonds is 2. The lowest BCUT2D eigenvalue weighted by molar-refractivity contribution is 0.102. The molecule has 0 aliphatic carbocycles. The average molecular weight is 244 g/mol. The van der Waals surface area contributed by atoms with Gasteiger partial charge in [-0.05, 0) is 31.9 Å². The van der Waals surface area contributed by atoms with Crippen molar-refractivity contribution in [3.63, 3.8) is 0 Å². The third kappa shape index (κ3) is 2.42. The first-order valence-electron chi connectivity index (χ1n) is 5.78. The highest BCUT2D eigenvalue weighted by Crippen LogP contribution is 2.22. The molecule has 4 nitrogen and oxygen atoms in total. The summed E-state index contributed by atoms with van der Waals surface area (Å²) in [5.41, 5.74) is 4.40. The number of benzene rings is 1. The van der Waals surface area contributed by atoms with Crippen LogP contribution in [0.3, 0.4) is 0 Å². The van der Waals surface area contributed by atoms with E-state index in [4.69, 9.17) is 4.42 Å². The monoisotopic (exact) mass is 244 g/mol. The molecule has 0 fully saturated rings. The van der Waals surface area contributed by atoms with Crippen molar-refractivity contribution in [1.82, 2.24) is 4.98 Å². The molecule has 0 aliphatic heterocycles. The molecule has 0 unspecified atom stereocenters. The number of aromatic nitrogens is 1. The van der Waals surface area contributed by atoms with Crippen LogP contribution in [-0.2, 0) is 0 Å². The topological polar surface area (TPSA) is 55.1 Å². The van der Waals surface area contributed by atoms with Gasteiger partial charge in [0.15, 0.2) is 11.6 Å². The van der Waals surface area contributed by atoms with Gasteiger partial charge in [-0.1, -0.05) is 17.7 Å². The zero-order valence-corrected chi connectivity index (χ0v) is 11.0. The highest BCUT2D eigenvalue weighted by molar-refractivity contribution is 6.03. The van der Waals surface area contributed by atoms with Gasteiger partial charge < -0.3 is 9.73 Å². The minimum Gasteiger partial charge on any atom is -0.448 e. The summed E-state index contributed by atoms with van der Waals surface area (Å²) in [7, 11) is 0. The van der Waals surface area contributed by atoms with E-state index >= 15 is 0 Å². The van der Waals surface area contributed by atoms with E-state index in [2.05, 4.69) is 10.3 Å². The van der Waals surface area contributed by atoms with Crippen molar-refractivity contribution in [3.05, 3.63) is 46.7 Å². The molecule has 1 aromatic heterocycles. The molecule has 1 heterocycles. The molecule has 94 valence electrons. The Hall–Kier alpha value is -2.10. The lowest BCUT2D eigenvalue weighted by Gasteiger charge is -2.11. The molecular formula is C14H16N2O2. The quantitative estimate of drug-likeness (QED) is 0.882. The van der Waals surface area contributed by atoms with Gasteiger partial charge in [-0.15, -0.1) is 0 Å². The Labute approximate surface area is 106 Å². The van der Waals surface area contributed by atoms with E-state index in [1.54, 1.807) is 6.92 Å². The molecule has 0 saturated carbocycles. The van der Waals surface area contributed by atoms with Crippen molar-refractivity contribution in [2.45, 2.75) is 27.7 Å². The van der Waals surface area contributed by atoms with Crippen LogP contribution < -0.4 is 5.32 Å². The third-order valence-electron chi connectivity index (χ3n) is 2.77. The van der Waals surface area contributed by atoms with Crippen molar-refractivity contribution in [2.75, 3.05) is 5.32 Å². The summed E-state index contributed by atoms with van der Waals surface area (Å²) in [6.07, 6.45) is 1.36. The number of hydrogen-bond donors (Lipinski definition) is 1. The van der Waals surface area contributed by atoms with Crippen LogP contribution in [-0.4, -0.2) is 10.9 Å². The maximum absolute atomic E-state index is 12.0. The van der Waals surface area contributed by atoms with Crippen molar-refractivity contribution in [3.8, 4) is 0 Å². The Bertz CT molecular complexity index is 577. The van der Waals surface area contributed by atoms with E-state index in [1.165, 1.54) is 11.8 Å². The first kappa shape index (κ1) is 12.4. The van der Waals surface area contributed by atoms with Crippen LogP contribution >= 0.6 is 0 Å². The molecular weight excluding hydrogens is 228 g/mol. The maximum Gasteiger partial charge on any atom is 0.277 e. The number of carbonyl (C=O) groups excluding carboxylic acids is 1. The summed E-state index contributed by atoms with van der Waals surface area (Å²) in [5.74, 6) is 0.236.